The van der Waals surface area contributed by atoms with Gasteiger partial charge in [0, 0.05) is 30.9 Å². The molecule has 0 bridgehead atoms. The molecule has 4 N–H and O–H groups in total. The van der Waals surface area contributed by atoms with Gasteiger partial charge in [0.05, 0.1) is 6.61 Å². The van der Waals surface area contributed by atoms with Gasteiger partial charge in [0.15, 0.2) is 0 Å². The summed E-state index contributed by atoms with van der Waals surface area (Å²) in [5.41, 5.74) is -0.543. The first-order chi connectivity index (χ1) is 27.1. The van der Waals surface area contributed by atoms with Gasteiger partial charge in [-0.05, 0) is 65.0 Å². The predicted molar refractivity (Wildman–Crippen MR) is 208 cm³/mol. The highest BCUT2D eigenvalue weighted by molar-refractivity contribution is 6.01. The van der Waals surface area contributed by atoms with Crippen molar-refractivity contribution in [3.63, 3.8) is 0 Å². The number of carbonyl (C=O) groups excluding carboxylic acids is 5. The normalized spacial score (nSPS) is 11.3. The summed E-state index contributed by atoms with van der Waals surface area (Å²) >= 11 is 0. The Morgan fingerprint density at radius 2 is 1.42 bits per heavy atom. The maximum atomic E-state index is 13.5. The minimum atomic E-state index is -0.867. The van der Waals surface area contributed by atoms with E-state index in [1.165, 1.54) is 13.1 Å². The highest BCUT2D eigenvalue weighted by atomic mass is 16.6. The van der Waals surface area contributed by atoms with E-state index in [4.69, 9.17) is 18.9 Å². The van der Waals surface area contributed by atoms with Crippen LogP contribution in [0.15, 0.2) is 81.4 Å². The Hall–Kier alpha value is -6.46. The number of esters is 1. The van der Waals surface area contributed by atoms with E-state index in [9.17, 15) is 33.6 Å². The summed E-state index contributed by atoms with van der Waals surface area (Å²) in [6.07, 6.45) is -0.235. The zero-order chi connectivity index (χ0) is 41.8. The largest absolute Gasteiger partial charge is 0.465 e. The van der Waals surface area contributed by atoms with Crippen LogP contribution in [0.1, 0.15) is 63.6 Å². The Morgan fingerprint density at radius 3 is 1.96 bits per heavy atom. The van der Waals surface area contributed by atoms with E-state index >= 15 is 0 Å². The fourth-order valence-corrected chi connectivity index (χ4v) is 5.06. The minimum Gasteiger partial charge on any atom is -0.465 e. The molecule has 0 saturated heterocycles. The van der Waals surface area contributed by atoms with E-state index in [-0.39, 0.29) is 50.9 Å². The average molecular weight is 794 g/mol. The number of aryl methyl sites for hydroxylation is 1. The number of aliphatic imine (C=N–C) groups is 1. The monoisotopic (exact) mass is 793 g/mol. The van der Waals surface area contributed by atoms with Crippen LogP contribution in [-0.4, -0.2) is 88.5 Å². The Labute approximate surface area is 329 Å². The summed E-state index contributed by atoms with van der Waals surface area (Å²) in [4.78, 5) is 96.2. The minimum absolute atomic E-state index is 0.0264. The Morgan fingerprint density at radius 1 is 0.842 bits per heavy atom. The molecule has 0 radical (unpaired) electrons. The zero-order valence-electron chi connectivity index (χ0n) is 32.8. The van der Waals surface area contributed by atoms with Crippen LogP contribution in [0.2, 0.25) is 0 Å². The molecule has 4 amide bonds. The number of nitrogens with zero attached hydrogens (tertiary/aromatic N) is 3. The molecule has 1 atom stereocenters. The van der Waals surface area contributed by atoms with E-state index < -0.39 is 66.1 Å². The van der Waals surface area contributed by atoms with Crippen LogP contribution in [-0.2, 0) is 48.3 Å². The first-order valence-corrected chi connectivity index (χ1v) is 18.3. The lowest BCUT2D eigenvalue weighted by Crippen LogP contribution is -2.50. The lowest BCUT2D eigenvalue weighted by molar-refractivity contribution is -0.149. The smallest absolute Gasteiger partial charge is 0.414 e. The molecule has 0 unspecified atom stereocenters. The van der Waals surface area contributed by atoms with Crippen molar-refractivity contribution in [2.45, 2.75) is 85.3 Å². The lowest BCUT2D eigenvalue weighted by atomic mass is 10.1. The summed E-state index contributed by atoms with van der Waals surface area (Å²) in [6.45, 7) is 7.08. The maximum absolute atomic E-state index is 13.5. The van der Waals surface area contributed by atoms with Gasteiger partial charge in [0.1, 0.15) is 31.9 Å². The first kappa shape index (κ1) is 44.9. The van der Waals surface area contributed by atoms with Crippen LogP contribution in [0.25, 0.3) is 0 Å². The van der Waals surface area contributed by atoms with Crippen molar-refractivity contribution in [2.24, 2.45) is 4.99 Å². The molecule has 1 aromatic heterocycles. The second-order valence-corrected chi connectivity index (χ2v) is 13.7. The second kappa shape index (κ2) is 22.8. The van der Waals surface area contributed by atoms with Gasteiger partial charge in [0.2, 0.25) is 11.9 Å². The number of benzene rings is 2. The SMILES string of the molecule is CCOC(=O)CN(C[C@H](CCCCN=C(NC(=O)OCc1ccccc1)NC(=O)OCc1ccccc1)NC(=O)OC(C)(C)C)C(=O)Cn1cc(C)c(=O)[nH]c1=O. The van der Waals surface area contributed by atoms with Crippen LogP contribution >= 0.6 is 0 Å². The molecular weight excluding hydrogens is 742 g/mol. The maximum Gasteiger partial charge on any atom is 0.414 e. The molecule has 0 aliphatic heterocycles. The number of carbonyl (C=O) groups is 5. The number of hydrogen-bond donors (Lipinski definition) is 4. The quantitative estimate of drug-likeness (QED) is 0.0508. The highest BCUT2D eigenvalue weighted by Crippen LogP contribution is 2.11. The Bertz CT molecular complexity index is 1880. The molecule has 0 aliphatic carbocycles. The summed E-state index contributed by atoms with van der Waals surface area (Å²) < 4.78 is 22.1. The third-order valence-electron chi connectivity index (χ3n) is 7.73. The van der Waals surface area contributed by atoms with Crippen molar-refractivity contribution in [2.75, 3.05) is 26.2 Å². The number of hydrogen-bond acceptors (Lipinski definition) is 12. The van der Waals surface area contributed by atoms with Gasteiger partial charge in [-0.2, -0.15) is 0 Å². The zero-order valence-corrected chi connectivity index (χ0v) is 32.8. The van der Waals surface area contributed by atoms with Crippen LogP contribution < -0.4 is 27.2 Å². The number of ether oxygens (including phenoxy) is 4. The van der Waals surface area contributed by atoms with Crippen LogP contribution in [0.3, 0.4) is 0 Å². The number of guanidine groups is 1. The molecule has 0 aliphatic rings. The molecule has 18 nitrogen and oxygen atoms in total. The van der Waals surface area contributed by atoms with Gasteiger partial charge < -0.3 is 29.2 Å². The predicted octanol–water partition coefficient (Wildman–Crippen LogP) is 3.51. The fraction of sp³-hybridized carbons (Fsp3) is 0.436. The number of rotatable bonds is 17. The first-order valence-electron chi connectivity index (χ1n) is 18.3. The lowest BCUT2D eigenvalue weighted by Gasteiger charge is -2.29. The molecule has 3 rings (SSSR count). The van der Waals surface area contributed by atoms with E-state index in [0.717, 1.165) is 20.6 Å². The van der Waals surface area contributed by atoms with Crippen molar-refractivity contribution < 1.29 is 42.9 Å². The third-order valence-corrected chi connectivity index (χ3v) is 7.73. The van der Waals surface area contributed by atoms with Crippen LogP contribution in [0.4, 0.5) is 14.4 Å². The van der Waals surface area contributed by atoms with Crippen molar-refractivity contribution in [3.05, 3.63) is 104 Å². The van der Waals surface area contributed by atoms with Gasteiger partial charge in [0.25, 0.3) is 5.56 Å². The number of aromatic amines is 1. The summed E-state index contributed by atoms with van der Waals surface area (Å²) in [5.74, 6) is -1.58. The van der Waals surface area contributed by atoms with E-state index in [1.54, 1.807) is 76.2 Å². The van der Waals surface area contributed by atoms with Crippen molar-refractivity contribution in [3.8, 4) is 0 Å². The second-order valence-electron chi connectivity index (χ2n) is 13.7. The number of unbranched alkanes of at least 4 members (excludes halogenated alkanes) is 1. The number of aromatic nitrogens is 2. The van der Waals surface area contributed by atoms with Crippen LogP contribution in [0.5, 0.6) is 0 Å². The standard InChI is InChI=1S/C39H51N7O11/c1-6-54-32(48)24-45(31(47)23-46-21-27(2)33(49)42-35(46)50)22-30(41-38(53)57-39(3,4)5)19-13-14-20-40-34(43-36(51)55-25-28-15-9-7-10-16-28)44-37(52)56-26-29-17-11-8-12-18-29/h7-12,15-18,21,30H,6,13-14,19-20,22-26H2,1-5H3,(H,41,53)(H,42,49,50)(H2,40,43,44,51,52)/t30-/m0/s1. The summed E-state index contributed by atoms with van der Waals surface area (Å²) in [5, 5.41) is 7.62. The molecule has 2 aromatic carbocycles. The van der Waals surface area contributed by atoms with E-state index in [0.29, 0.717) is 12.8 Å². The topological polar surface area (TPSA) is 229 Å². The molecule has 18 heteroatoms. The number of nitrogens with one attached hydrogen (secondary N) is 4. The van der Waals surface area contributed by atoms with Gasteiger partial charge in [-0.25, -0.2) is 19.2 Å². The molecule has 0 saturated carbocycles. The summed E-state index contributed by atoms with van der Waals surface area (Å²) in [7, 11) is 0. The molecule has 0 fully saturated rings. The van der Waals surface area contributed by atoms with Gasteiger partial charge in [-0.15, -0.1) is 0 Å². The summed E-state index contributed by atoms with van der Waals surface area (Å²) in [6, 6.07) is 17.2. The fourth-order valence-electron chi connectivity index (χ4n) is 5.06. The molecular formula is C39H51N7O11. The molecule has 3 aromatic rings. The van der Waals surface area contributed by atoms with Gasteiger partial charge in [-0.1, -0.05) is 60.7 Å². The van der Waals surface area contributed by atoms with Crippen molar-refractivity contribution in [1.29, 1.82) is 0 Å². The third kappa shape index (κ3) is 17.7. The number of alkyl carbamates (subject to hydrolysis) is 3. The van der Waals surface area contributed by atoms with Crippen molar-refractivity contribution in [1.82, 2.24) is 30.4 Å². The number of H-pyrrole nitrogens is 1. The average Bonchev–Trinajstić information content (AvgIpc) is 3.15. The molecule has 308 valence electrons. The molecule has 0 spiro atoms. The molecule has 1 heterocycles. The van der Waals surface area contributed by atoms with E-state index in [1.807, 2.05) is 12.1 Å². The molecule has 57 heavy (non-hydrogen) atoms. The number of amides is 4. The Kier molecular flexibility index (Phi) is 18.0. The van der Waals surface area contributed by atoms with Crippen LogP contribution in [0, 0.1) is 6.92 Å². The highest BCUT2D eigenvalue weighted by Gasteiger charge is 2.26. The Balaban J connectivity index is 1.73. The van der Waals surface area contributed by atoms with Gasteiger partial charge >= 0.3 is 29.9 Å². The van der Waals surface area contributed by atoms with E-state index in [2.05, 4.69) is 25.9 Å². The van der Waals surface area contributed by atoms with Gasteiger partial charge in [-0.3, -0.25) is 39.6 Å². The van der Waals surface area contributed by atoms with Crippen molar-refractivity contribution >= 4 is 36.1 Å².